The molecule has 0 saturated carbocycles. The fourth-order valence-electron chi connectivity index (χ4n) is 2.79. The normalized spacial score (nSPS) is 13.6. The van der Waals surface area contributed by atoms with Crippen LogP contribution in [0.2, 0.25) is 0 Å². The van der Waals surface area contributed by atoms with Gasteiger partial charge in [0.2, 0.25) is 5.91 Å². The Bertz CT molecular complexity index is 458. The summed E-state index contributed by atoms with van der Waals surface area (Å²) in [6, 6.07) is 0. The molecule has 29 heavy (non-hydrogen) atoms. The van der Waals surface area contributed by atoms with Crippen LogP contribution in [0.15, 0.2) is 12.2 Å². The van der Waals surface area contributed by atoms with Gasteiger partial charge in [-0.3, -0.25) is 9.32 Å². The summed E-state index contributed by atoms with van der Waals surface area (Å²) in [5.41, 5.74) is 1.95. The van der Waals surface area contributed by atoms with E-state index in [0.29, 0.717) is 6.42 Å². The van der Waals surface area contributed by atoms with Crippen molar-refractivity contribution in [1.29, 1.82) is 0 Å². The van der Waals surface area contributed by atoms with Gasteiger partial charge in [-0.1, -0.05) is 70.4 Å². The maximum atomic E-state index is 11.6. The molecule has 0 aromatic carbocycles. The summed E-state index contributed by atoms with van der Waals surface area (Å²) in [5, 5.41) is 8.58. The van der Waals surface area contributed by atoms with Crippen LogP contribution in [0.25, 0.3) is 0 Å². The first-order valence-corrected chi connectivity index (χ1v) is 12.7. The lowest BCUT2D eigenvalue weighted by Crippen LogP contribution is -2.22. The summed E-state index contributed by atoms with van der Waals surface area (Å²) in [5.74, 6) is -0.442. The summed E-state index contributed by atoms with van der Waals surface area (Å²) < 4.78 is 20.4. The smallest absolute Gasteiger partial charge is 0.396 e. The van der Waals surface area contributed by atoms with Crippen LogP contribution in [-0.4, -0.2) is 29.1 Å². The second kappa shape index (κ2) is 20.5. The van der Waals surface area contributed by atoms with Gasteiger partial charge in [0.15, 0.2) is 0 Å². The Morgan fingerprint density at radius 3 is 2.03 bits per heavy atom. The molecule has 0 aromatic rings. The summed E-state index contributed by atoms with van der Waals surface area (Å²) >= 11 is 0. The Kier molecular flexibility index (Phi) is 20.0. The number of unbranched alkanes of at least 4 members (excludes halogenated alkanes) is 11. The largest absolute Gasteiger partial charge is 0.493 e. The van der Waals surface area contributed by atoms with E-state index in [2.05, 4.69) is 28.2 Å². The maximum absolute atomic E-state index is 11.6. The molecule has 0 heterocycles. The topological polar surface area (TPSA) is 105 Å². The van der Waals surface area contributed by atoms with Gasteiger partial charge in [-0.25, -0.2) is 10.0 Å². The second-order valence-corrected chi connectivity index (χ2v) is 8.71. The molecule has 0 aliphatic rings. The van der Waals surface area contributed by atoms with Crippen molar-refractivity contribution in [2.75, 3.05) is 13.2 Å². The number of phosphoric acid groups is 1. The Morgan fingerprint density at radius 2 is 1.45 bits per heavy atom. The maximum Gasteiger partial charge on any atom is 0.493 e. The zero-order valence-corrected chi connectivity index (χ0v) is 19.0. The predicted molar refractivity (Wildman–Crippen MR) is 116 cm³/mol. The Labute approximate surface area is 176 Å². The molecule has 3 N–H and O–H groups in total. The molecule has 0 aromatic heterocycles. The third kappa shape index (κ3) is 21.8. The SMILES string of the molecule is CCCCCCCC/C=C\CCCCCCCC(=O)NOP(=O)(O)OCCCO. The highest BCUT2D eigenvalue weighted by molar-refractivity contribution is 7.47. The number of rotatable bonds is 21. The van der Waals surface area contributed by atoms with E-state index in [9.17, 15) is 14.3 Å². The molecule has 0 aliphatic carbocycles. The van der Waals surface area contributed by atoms with Gasteiger partial charge in [0.25, 0.3) is 0 Å². The molecule has 7 nitrogen and oxygen atoms in total. The monoisotopic (exact) mass is 435 g/mol. The fourth-order valence-corrected chi connectivity index (χ4v) is 3.42. The van der Waals surface area contributed by atoms with Crippen molar-refractivity contribution in [2.24, 2.45) is 0 Å². The van der Waals surface area contributed by atoms with Crippen LogP contribution in [0.1, 0.15) is 103 Å². The van der Waals surface area contributed by atoms with Crippen molar-refractivity contribution in [3.63, 3.8) is 0 Å². The molecule has 8 heteroatoms. The summed E-state index contributed by atoms with van der Waals surface area (Å²) in [4.78, 5) is 20.9. The minimum absolute atomic E-state index is 0.117. The van der Waals surface area contributed by atoms with Crippen LogP contribution < -0.4 is 5.48 Å². The Balaban J connectivity index is 3.42. The number of hydrogen-bond donors (Lipinski definition) is 3. The number of amides is 1. The van der Waals surface area contributed by atoms with Gasteiger partial charge < -0.3 is 10.00 Å². The van der Waals surface area contributed by atoms with Crippen LogP contribution in [-0.2, 0) is 18.5 Å². The highest BCUT2D eigenvalue weighted by Crippen LogP contribution is 2.41. The third-order valence-electron chi connectivity index (χ3n) is 4.50. The zero-order valence-electron chi connectivity index (χ0n) is 18.2. The molecule has 0 fully saturated rings. The van der Waals surface area contributed by atoms with Gasteiger partial charge in [-0.05, 0) is 38.5 Å². The second-order valence-electron chi connectivity index (χ2n) is 7.33. The van der Waals surface area contributed by atoms with E-state index in [4.69, 9.17) is 5.11 Å². The number of carbonyl (C=O) groups excluding carboxylic acids is 1. The number of allylic oxidation sites excluding steroid dienone is 2. The molecule has 0 bridgehead atoms. The average molecular weight is 436 g/mol. The molecular weight excluding hydrogens is 393 g/mol. The number of nitrogens with one attached hydrogen (secondary N) is 1. The predicted octanol–water partition coefficient (Wildman–Crippen LogP) is 5.57. The molecule has 1 unspecified atom stereocenters. The zero-order chi connectivity index (χ0) is 21.6. The van der Waals surface area contributed by atoms with Gasteiger partial charge in [0.1, 0.15) is 0 Å². The van der Waals surface area contributed by atoms with Gasteiger partial charge in [0, 0.05) is 13.0 Å². The lowest BCUT2D eigenvalue weighted by atomic mass is 10.1. The summed E-state index contributed by atoms with van der Waals surface area (Å²) in [6.45, 7) is 1.97. The quantitative estimate of drug-likeness (QED) is 0.0942. The van der Waals surface area contributed by atoms with Crippen LogP contribution in [0.3, 0.4) is 0 Å². The van der Waals surface area contributed by atoms with Crippen molar-refractivity contribution < 1.29 is 28.5 Å². The molecule has 0 radical (unpaired) electrons. The summed E-state index contributed by atoms with van der Waals surface area (Å²) in [7, 11) is -4.30. The van der Waals surface area contributed by atoms with Crippen molar-refractivity contribution in [3.8, 4) is 0 Å². The molecule has 0 rings (SSSR count). The van der Waals surface area contributed by atoms with Gasteiger partial charge >= 0.3 is 7.82 Å². The first-order valence-electron chi connectivity index (χ1n) is 11.2. The molecule has 1 amide bonds. The van der Waals surface area contributed by atoms with Crippen LogP contribution in [0.4, 0.5) is 0 Å². The third-order valence-corrected chi connectivity index (χ3v) is 5.33. The molecular formula is C21H42NO6P. The molecule has 172 valence electrons. The van der Waals surface area contributed by atoms with Crippen LogP contribution in [0, 0.1) is 0 Å². The van der Waals surface area contributed by atoms with Crippen molar-refractivity contribution >= 4 is 13.7 Å². The molecule has 0 saturated heterocycles. The standard InChI is InChI=1S/C21H42NO6P/c1-2-3-4-5-6-7-8-9-10-11-12-13-14-15-16-18-21(24)22-28-29(25,26)27-20-17-19-23/h9-10,23H,2-8,11-20H2,1H3,(H,22,24)(H,25,26)/b10-9-. The number of aliphatic hydroxyl groups excluding tert-OH is 1. The Hall–Kier alpha value is -0.720. The highest BCUT2D eigenvalue weighted by atomic mass is 31.2. The molecule has 0 aliphatic heterocycles. The van der Waals surface area contributed by atoms with E-state index in [1.165, 1.54) is 51.4 Å². The van der Waals surface area contributed by atoms with E-state index in [-0.39, 0.29) is 26.1 Å². The van der Waals surface area contributed by atoms with E-state index in [1.807, 2.05) is 5.48 Å². The van der Waals surface area contributed by atoms with Gasteiger partial charge in [-0.15, -0.1) is 0 Å². The lowest BCUT2D eigenvalue weighted by Gasteiger charge is -2.11. The lowest BCUT2D eigenvalue weighted by molar-refractivity contribution is -0.129. The van der Waals surface area contributed by atoms with Gasteiger partial charge in [-0.2, -0.15) is 4.62 Å². The van der Waals surface area contributed by atoms with E-state index in [0.717, 1.165) is 25.7 Å². The minimum atomic E-state index is -4.30. The molecule has 0 spiro atoms. The molecule has 1 atom stereocenters. The van der Waals surface area contributed by atoms with Crippen LogP contribution in [0.5, 0.6) is 0 Å². The average Bonchev–Trinajstić information content (AvgIpc) is 2.69. The van der Waals surface area contributed by atoms with E-state index in [1.54, 1.807) is 0 Å². The Morgan fingerprint density at radius 1 is 0.897 bits per heavy atom. The fraction of sp³-hybridized carbons (Fsp3) is 0.857. The number of hydrogen-bond acceptors (Lipinski definition) is 5. The number of carbonyl (C=O) groups is 1. The first kappa shape index (κ1) is 28.3. The first-order chi connectivity index (χ1) is 14.0. The van der Waals surface area contributed by atoms with E-state index < -0.39 is 13.7 Å². The van der Waals surface area contributed by atoms with Gasteiger partial charge in [0.05, 0.1) is 6.61 Å². The van der Waals surface area contributed by atoms with Crippen LogP contribution >= 0.6 is 7.82 Å². The number of phosphoric ester groups is 1. The summed E-state index contributed by atoms with van der Waals surface area (Å²) in [6.07, 6.45) is 20.4. The number of hydroxylamine groups is 1. The van der Waals surface area contributed by atoms with Crippen molar-refractivity contribution in [3.05, 3.63) is 12.2 Å². The van der Waals surface area contributed by atoms with E-state index >= 15 is 0 Å². The minimum Gasteiger partial charge on any atom is -0.396 e. The van der Waals surface area contributed by atoms with Crippen molar-refractivity contribution in [1.82, 2.24) is 5.48 Å². The highest BCUT2D eigenvalue weighted by Gasteiger charge is 2.22. The number of aliphatic hydroxyl groups is 1. The van der Waals surface area contributed by atoms with Crippen molar-refractivity contribution in [2.45, 2.75) is 103 Å².